The minimum Gasteiger partial charge on any atom is -0.355 e. The van der Waals surface area contributed by atoms with Crippen LogP contribution in [0.5, 0.6) is 0 Å². The van der Waals surface area contributed by atoms with E-state index in [9.17, 15) is 9.59 Å². The van der Waals surface area contributed by atoms with Crippen LogP contribution >= 0.6 is 11.6 Å². The van der Waals surface area contributed by atoms with Crippen molar-refractivity contribution in [1.82, 2.24) is 20.1 Å². The summed E-state index contributed by atoms with van der Waals surface area (Å²) in [4.78, 5) is 29.2. The van der Waals surface area contributed by atoms with Gasteiger partial charge in [-0.25, -0.2) is 9.67 Å². The molecule has 0 fully saturated rings. The largest absolute Gasteiger partial charge is 0.355 e. The van der Waals surface area contributed by atoms with Gasteiger partial charge in [0.15, 0.2) is 5.82 Å². The van der Waals surface area contributed by atoms with Crippen LogP contribution in [-0.2, 0) is 0 Å². The lowest BCUT2D eigenvalue weighted by atomic mass is 10.1. The Morgan fingerprint density at radius 1 is 1.11 bits per heavy atom. The molecule has 2 aromatic heterocycles. The first kappa shape index (κ1) is 18.6. The predicted molar refractivity (Wildman–Crippen MR) is 104 cm³/mol. The maximum absolute atomic E-state index is 12.9. The van der Waals surface area contributed by atoms with Crippen LogP contribution in [0.15, 0.2) is 42.6 Å². The molecule has 0 atom stereocenters. The quantitative estimate of drug-likeness (QED) is 0.724. The summed E-state index contributed by atoms with van der Waals surface area (Å²) in [6.45, 7) is 3.65. The Kier molecular flexibility index (Phi) is 5.23. The molecule has 0 spiro atoms. The van der Waals surface area contributed by atoms with Gasteiger partial charge in [-0.1, -0.05) is 17.7 Å². The molecular formula is C19H18ClN5O2. The Hall–Kier alpha value is -3.19. The molecule has 0 aliphatic heterocycles. The lowest BCUT2D eigenvalue weighted by molar-refractivity contribution is 0.0964. The molecule has 1 aromatic carbocycles. The zero-order chi connectivity index (χ0) is 19.6. The van der Waals surface area contributed by atoms with Crippen molar-refractivity contribution in [2.75, 3.05) is 12.4 Å². The zero-order valence-electron chi connectivity index (χ0n) is 15.1. The average molecular weight is 384 g/mol. The number of nitrogens with zero attached hydrogens (tertiary/aromatic N) is 3. The van der Waals surface area contributed by atoms with E-state index in [1.807, 2.05) is 13.0 Å². The molecule has 8 heteroatoms. The molecule has 27 heavy (non-hydrogen) atoms. The van der Waals surface area contributed by atoms with E-state index in [1.165, 1.54) is 11.7 Å². The molecule has 0 bridgehead atoms. The van der Waals surface area contributed by atoms with Gasteiger partial charge in [0.2, 0.25) is 0 Å². The monoisotopic (exact) mass is 383 g/mol. The molecule has 0 unspecified atom stereocenters. The number of rotatable bonds is 4. The summed E-state index contributed by atoms with van der Waals surface area (Å²) in [6, 6.07) is 10.2. The van der Waals surface area contributed by atoms with Crippen molar-refractivity contribution < 1.29 is 9.59 Å². The number of nitrogens with one attached hydrogen (secondary N) is 2. The molecule has 3 aromatic rings. The second-order valence-electron chi connectivity index (χ2n) is 5.97. The Morgan fingerprint density at radius 2 is 1.89 bits per heavy atom. The number of hydrogen-bond donors (Lipinski definition) is 2. The van der Waals surface area contributed by atoms with E-state index in [-0.39, 0.29) is 11.6 Å². The van der Waals surface area contributed by atoms with Crippen LogP contribution in [0.4, 0.5) is 5.69 Å². The first-order valence-electron chi connectivity index (χ1n) is 8.22. The summed E-state index contributed by atoms with van der Waals surface area (Å²) >= 11 is 6.20. The van der Waals surface area contributed by atoms with E-state index >= 15 is 0 Å². The number of hydrogen-bond acceptors (Lipinski definition) is 4. The lowest BCUT2D eigenvalue weighted by Crippen LogP contribution is -2.23. The molecule has 3 rings (SSSR count). The molecule has 0 aliphatic carbocycles. The predicted octanol–water partition coefficient (Wildman–Crippen LogP) is 3.15. The fourth-order valence-electron chi connectivity index (χ4n) is 2.64. The van der Waals surface area contributed by atoms with Gasteiger partial charge in [-0.3, -0.25) is 9.59 Å². The highest BCUT2D eigenvalue weighted by molar-refractivity contribution is 6.32. The van der Waals surface area contributed by atoms with Crippen LogP contribution in [0, 0.1) is 13.8 Å². The third-order valence-electron chi connectivity index (χ3n) is 3.90. The highest BCUT2D eigenvalue weighted by Gasteiger charge is 2.20. The van der Waals surface area contributed by atoms with Crippen LogP contribution in [0.1, 0.15) is 32.1 Å². The van der Waals surface area contributed by atoms with Crippen molar-refractivity contribution >= 4 is 29.1 Å². The van der Waals surface area contributed by atoms with Gasteiger partial charge in [0.05, 0.1) is 22.0 Å². The van der Waals surface area contributed by atoms with E-state index < -0.39 is 5.91 Å². The number of pyridine rings is 1. The molecule has 2 amide bonds. The number of benzene rings is 1. The third kappa shape index (κ3) is 3.83. The van der Waals surface area contributed by atoms with Gasteiger partial charge in [0.25, 0.3) is 11.8 Å². The number of amides is 2. The molecule has 7 nitrogen and oxygen atoms in total. The van der Waals surface area contributed by atoms with Crippen molar-refractivity contribution in [2.45, 2.75) is 13.8 Å². The standard InChI is InChI=1S/C19H18ClN5O2/c1-11-6-7-13(18(26)21-3)15(9-11)23-19(27)16-10-12(2)24-25(16)17-14(20)5-4-8-22-17/h4-10H,1-3H3,(H,21,26)(H,23,27). The number of aryl methyl sites for hydroxylation is 2. The summed E-state index contributed by atoms with van der Waals surface area (Å²) in [5, 5.41) is 10.1. The van der Waals surface area contributed by atoms with Gasteiger partial charge in [-0.05, 0) is 49.7 Å². The van der Waals surface area contributed by atoms with Crippen LogP contribution in [-0.4, -0.2) is 33.6 Å². The maximum Gasteiger partial charge on any atom is 0.274 e. The van der Waals surface area contributed by atoms with E-state index in [1.54, 1.807) is 43.5 Å². The smallest absolute Gasteiger partial charge is 0.274 e. The second-order valence-corrected chi connectivity index (χ2v) is 6.38. The SMILES string of the molecule is CNC(=O)c1ccc(C)cc1NC(=O)c1cc(C)nn1-c1ncccc1Cl. The Balaban J connectivity index is 2.01. The average Bonchev–Trinajstić information content (AvgIpc) is 3.03. The van der Waals surface area contributed by atoms with Crippen LogP contribution in [0.25, 0.3) is 5.82 Å². The van der Waals surface area contributed by atoms with Crippen molar-refractivity contribution in [3.05, 3.63) is 70.1 Å². The van der Waals surface area contributed by atoms with Crippen LogP contribution < -0.4 is 10.6 Å². The van der Waals surface area contributed by atoms with Gasteiger partial charge < -0.3 is 10.6 Å². The van der Waals surface area contributed by atoms with Crippen molar-refractivity contribution in [1.29, 1.82) is 0 Å². The fraction of sp³-hybridized carbons (Fsp3) is 0.158. The van der Waals surface area contributed by atoms with Crippen LogP contribution in [0.3, 0.4) is 0 Å². The van der Waals surface area contributed by atoms with E-state index in [0.29, 0.717) is 27.8 Å². The van der Waals surface area contributed by atoms with Gasteiger partial charge in [-0.15, -0.1) is 0 Å². The number of carbonyl (C=O) groups excluding carboxylic acids is 2. The first-order chi connectivity index (χ1) is 12.9. The van der Waals surface area contributed by atoms with Crippen molar-refractivity contribution in [2.24, 2.45) is 0 Å². The van der Waals surface area contributed by atoms with Crippen LogP contribution in [0.2, 0.25) is 5.02 Å². The highest BCUT2D eigenvalue weighted by Crippen LogP contribution is 2.22. The fourth-order valence-corrected chi connectivity index (χ4v) is 2.84. The lowest BCUT2D eigenvalue weighted by Gasteiger charge is -2.12. The van der Waals surface area contributed by atoms with Gasteiger partial charge in [0.1, 0.15) is 5.69 Å². The molecule has 2 heterocycles. The Morgan fingerprint density at radius 3 is 2.59 bits per heavy atom. The number of anilines is 1. The summed E-state index contributed by atoms with van der Waals surface area (Å²) in [7, 11) is 1.54. The van der Waals surface area contributed by atoms with E-state index in [0.717, 1.165) is 5.56 Å². The Labute approximate surface area is 161 Å². The molecule has 0 aliphatic rings. The normalized spacial score (nSPS) is 10.5. The highest BCUT2D eigenvalue weighted by atomic mass is 35.5. The summed E-state index contributed by atoms with van der Waals surface area (Å²) < 4.78 is 1.39. The Bertz CT molecular complexity index is 1030. The molecule has 138 valence electrons. The summed E-state index contributed by atoms with van der Waals surface area (Å²) in [5.74, 6) is -0.357. The van der Waals surface area contributed by atoms with Crippen molar-refractivity contribution in [3.8, 4) is 5.82 Å². The van der Waals surface area contributed by atoms with Gasteiger partial charge in [-0.2, -0.15) is 5.10 Å². The second kappa shape index (κ2) is 7.59. The van der Waals surface area contributed by atoms with E-state index in [2.05, 4.69) is 20.7 Å². The number of carbonyl (C=O) groups is 2. The topological polar surface area (TPSA) is 88.9 Å². The minimum atomic E-state index is -0.423. The third-order valence-corrected chi connectivity index (χ3v) is 4.19. The van der Waals surface area contributed by atoms with Gasteiger partial charge >= 0.3 is 0 Å². The molecular weight excluding hydrogens is 366 g/mol. The van der Waals surface area contributed by atoms with Gasteiger partial charge in [0, 0.05) is 13.2 Å². The summed E-state index contributed by atoms with van der Waals surface area (Å²) in [6.07, 6.45) is 1.57. The maximum atomic E-state index is 12.9. The number of aromatic nitrogens is 3. The zero-order valence-corrected chi connectivity index (χ0v) is 15.8. The van der Waals surface area contributed by atoms with Crippen molar-refractivity contribution in [3.63, 3.8) is 0 Å². The molecule has 0 saturated carbocycles. The molecule has 0 radical (unpaired) electrons. The summed E-state index contributed by atoms with van der Waals surface area (Å²) in [5.41, 5.74) is 2.59. The number of halogens is 1. The van der Waals surface area contributed by atoms with E-state index in [4.69, 9.17) is 11.6 Å². The molecule has 0 saturated heterocycles. The molecule has 2 N–H and O–H groups in total. The minimum absolute atomic E-state index is 0.262. The first-order valence-corrected chi connectivity index (χ1v) is 8.60.